The van der Waals surface area contributed by atoms with Crippen molar-refractivity contribution in [3.8, 4) is 5.75 Å². The Morgan fingerprint density at radius 2 is 2.16 bits per heavy atom. The largest absolute Gasteiger partial charge is 0.495 e. The fraction of sp³-hybridized carbons (Fsp3) is 0.385. The number of ether oxygens (including phenoxy) is 2. The zero-order valence-electron chi connectivity index (χ0n) is 10.7. The van der Waals surface area contributed by atoms with E-state index < -0.39 is 5.92 Å². The fourth-order valence-electron chi connectivity index (χ4n) is 2.10. The minimum atomic E-state index is -0.418. The van der Waals surface area contributed by atoms with E-state index in [1.54, 1.807) is 18.2 Å². The summed E-state index contributed by atoms with van der Waals surface area (Å²) in [6, 6.07) is 5.08. The van der Waals surface area contributed by atoms with E-state index in [9.17, 15) is 9.59 Å². The number of benzene rings is 1. The molecule has 1 aromatic carbocycles. The molecule has 0 saturated carbocycles. The third-order valence-corrected chi connectivity index (χ3v) is 3.40. The summed E-state index contributed by atoms with van der Waals surface area (Å²) in [5, 5.41) is 0.425. The van der Waals surface area contributed by atoms with Gasteiger partial charge in [0.05, 0.1) is 25.2 Å². The summed E-state index contributed by atoms with van der Waals surface area (Å²) in [5.74, 6) is -0.355. The molecule has 1 unspecified atom stereocenters. The van der Waals surface area contributed by atoms with E-state index in [1.165, 1.54) is 19.1 Å². The molecule has 1 amide bonds. The maximum absolute atomic E-state index is 11.9. The second-order valence-electron chi connectivity index (χ2n) is 4.25. The van der Waals surface area contributed by atoms with E-state index in [4.69, 9.17) is 16.3 Å². The molecular weight excluding hydrogens is 270 g/mol. The van der Waals surface area contributed by atoms with Crippen molar-refractivity contribution in [3.05, 3.63) is 23.2 Å². The van der Waals surface area contributed by atoms with Crippen molar-refractivity contribution in [2.45, 2.75) is 6.42 Å². The summed E-state index contributed by atoms with van der Waals surface area (Å²) >= 11 is 6.03. The van der Waals surface area contributed by atoms with Crippen LogP contribution in [0.3, 0.4) is 0 Å². The summed E-state index contributed by atoms with van der Waals surface area (Å²) in [4.78, 5) is 24.9. The number of rotatable bonds is 3. The van der Waals surface area contributed by atoms with E-state index >= 15 is 0 Å². The molecule has 1 saturated heterocycles. The molecule has 0 N–H and O–H groups in total. The van der Waals surface area contributed by atoms with Crippen molar-refractivity contribution in [1.29, 1.82) is 0 Å². The zero-order chi connectivity index (χ0) is 14.0. The van der Waals surface area contributed by atoms with Gasteiger partial charge in [0.2, 0.25) is 5.91 Å². The predicted octanol–water partition coefficient (Wildman–Crippen LogP) is 1.87. The molecule has 1 aliphatic heterocycles. The number of hydrogen-bond acceptors (Lipinski definition) is 4. The van der Waals surface area contributed by atoms with Gasteiger partial charge >= 0.3 is 5.97 Å². The van der Waals surface area contributed by atoms with Crippen molar-refractivity contribution in [2.75, 3.05) is 25.7 Å². The second-order valence-corrected chi connectivity index (χ2v) is 4.65. The van der Waals surface area contributed by atoms with Crippen LogP contribution in [0.2, 0.25) is 5.02 Å². The number of carbonyl (C=O) groups excluding carboxylic acids is 2. The van der Waals surface area contributed by atoms with Gasteiger partial charge in [-0.15, -0.1) is 0 Å². The minimum absolute atomic E-state index is 0.114. The Morgan fingerprint density at radius 1 is 1.42 bits per heavy atom. The van der Waals surface area contributed by atoms with Crippen molar-refractivity contribution in [3.63, 3.8) is 0 Å². The van der Waals surface area contributed by atoms with Crippen LogP contribution in [0.4, 0.5) is 5.69 Å². The van der Waals surface area contributed by atoms with Crippen molar-refractivity contribution < 1.29 is 19.1 Å². The van der Waals surface area contributed by atoms with Crippen LogP contribution >= 0.6 is 11.6 Å². The average Bonchev–Trinajstić information content (AvgIpc) is 2.80. The first-order valence-electron chi connectivity index (χ1n) is 5.78. The summed E-state index contributed by atoms with van der Waals surface area (Å²) in [6.07, 6.45) is 0.163. The Labute approximate surface area is 116 Å². The molecule has 1 atom stereocenters. The lowest BCUT2D eigenvalue weighted by molar-refractivity contribution is -0.145. The molecule has 1 fully saturated rings. The summed E-state index contributed by atoms with van der Waals surface area (Å²) in [5.41, 5.74) is 0.655. The zero-order valence-corrected chi connectivity index (χ0v) is 11.4. The molecule has 102 valence electrons. The Morgan fingerprint density at radius 3 is 2.74 bits per heavy atom. The molecule has 5 nitrogen and oxygen atoms in total. The maximum Gasteiger partial charge on any atom is 0.311 e. The molecular formula is C13H14ClNO4. The second kappa shape index (κ2) is 5.48. The molecule has 0 aliphatic carbocycles. The first-order chi connectivity index (χ1) is 9.06. The van der Waals surface area contributed by atoms with Crippen molar-refractivity contribution in [2.24, 2.45) is 5.92 Å². The van der Waals surface area contributed by atoms with E-state index in [0.29, 0.717) is 23.0 Å². The van der Waals surface area contributed by atoms with Gasteiger partial charge in [0.25, 0.3) is 0 Å². The molecule has 6 heteroatoms. The van der Waals surface area contributed by atoms with Gasteiger partial charge in [0, 0.05) is 18.7 Å². The lowest BCUT2D eigenvalue weighted by atomic mass is 10.1. The quantitative estimate of drug-likeness (QED) is 0.795. The van der Waals surface area contributed by atoms with Gasteiger partial charge in [-0.1, -0.05) is 11.6 Å². The number of methoxy groups -OCH3 is 2. The number of anilines is 1. The first kappa shape index (κ1) is 13.7. The molecule has 1 aromatic rings. The Hall–Kier alpha value is -1.75. The van der Waals surface area contributed by atoms with Gasteiger partial charge in [-0.2, -0.15) is 0 Å². The molecule has 2 rings (SSSR count). The third-order valence-electron chi connectivity index (χ3n) is 3.11. The van der Waals surface area contributed by atoms with Crippen LogP contribution in [0.25, 0.3) is 0 Å². The molecule has 0 spiro atoms. The molecule has 0 aromatic heterocycles. The van der Waals surface area contributed by atoms with Crippen molar-refractivity contribution in [1.82, 2.24) is 0 Å². The van der Waals surface area contributed by atoms with E-state index in [-0.39, 0.29) is 18.3 Å². The van der Waals surface area contributed by atoms with Gasteiger partial charge < -0.3 is 14.4 Å². The van der Waals surface area contributed by atoms with Crippen LogP contribution in [0.15, 0.2) is 18.2 Å². The van der Waals surface area contributed by atoms with Crippen LogP contribution in [0, 0.1) is 5.92 Å². The van der Waals surface area contributed by atoms with Crippen LogP contribution in [0.1, 0.15) is 6.42 Å². The highest BCUT2D eigenvalue weighted by molar-refractivity contribution is 6.32. The maximum atomic E-state index is 11.9. The number of amides is 1. The Bertz CT molecular complexity index is 517. The monoisotopic (exact) mass is 283 g/mol. The van der Waals surface area contributed by atoms with Crippen LogP contribution in [-0.4, -0.2) is 32.6 Å². The summed E-state index contributed by atoms with van der Waals surface area (Å²) < 4.78 is 9.72. The normalized spacial score (nSPS) is 18.6. The number of esters is 1. The Kier molecular flexibility index (Phi) is 3.95. The molecule has 1 heterocycles. The highest BCUT2D eigenvalue weighted by Gasteiger charge is 2.35. The predicted molar refractivity (Wildman–Crippen MR) is 70.5 cm³/mol. The van der Waals surface area contributed by atoms with E-state index in [1.807, 2.05) is 0 Å². The van der Waals surface area contributed by atoms with Crippen molar-refractivity contribution >= 4 is 29.2 Å². The number of halogens is 1. The molecule has 0 bridgehead atoms. The number of nitrogens with zero attached hydrogens (tertiary/aromatic N) is 1. The van der Waals surface area contributed by atoms with Crippen LogP contribution in [0.5, 0.6) is 5.75 Å². The van der Waals surface area contributed by atoms with E-state index in [2.05, 4.69) is 4.74 Å². The smallest absolute Gasteiger partial charge is 0.311 e. The molecule has 19 heavy (non-hydrogen) atoms. The number of carbonyl (C=O) groups is 2. The first-order valence-corrected chi connectivity index (χ1v) is 6.16. The summed E-state index contributed by atoms with van der Waals surface area (Å²) in [6.45, 7) is 0.314. The highest BCUT2D eigenvalue weighted by Crippen LogP contribution is 2.32. The topological polar surface area (TPSA) is 55.8 Å². The molecule has 1 aliphatic rings. The standard InChI is InChI=1S/C13H14ClNO4/c1-18-11-4-3-9(6-10(11)14)15-7-8(5-12(15)16)13(17)19-2/h3-4,6,8H,5,7H2,1-2H3. The molecule has 0 radical (unpaired) electrons. The lowest BCUT2D eigenvalue weighted by Gasteiger charge is -2.17. The van der Waals surface area contributed by atoms with Gasteiger partial charge in [-0.25, -0.2) is 0 Å². The lowest BCUT2D eigenvalue weighted by Crippen LogP contribution is -2.26. The summed E-state index contributed by atoms with van der Waals surface area (Å²) in [7, 11) is 2.84. The van der Waals surface area contributed by atoms with Gasteiger partial charge in [-0.05, 0) is 18.2 Å². The minimum Gasteiger partial charge on any atom is -0.495 e. The van der Waals surface area contributed by atoms with Gasteiger partial charge in [0.15, 0.2) is 0 Å². The number of hydrogen-bond donors (Lipinski definition) is 0. The van der Waals surface area contributed by atoms with Gasteiger partial charge in [-0.3, -0.25) is 9.59 Å². The third kappa shape index (κ3) is 2.66. The SMILES string of the molecule is COC(=O)C1CC(=O)N(c2ccc(OC)c(Cl)c2)C1. The highest BCUT2D eigenvalue weighted by atomic mass is 35.5. The Balaban J connectivity index is 2.21. The average molecular weight is 284 g/mol. The fourth-order valence-corrected chi connectivity index (χ4v) is 2.36. The van der Waals surface area contributed by atoms with Crippen LogP contribution < -0.4 is 9.64 Å². The van der Waals surface area contributed by atoms with Gasteiger partial charge in [0.1, 0.15) is 5.75 Å². The van der Waals surface area contributed by atoms with E-state index in [0.717, 1.165) is 0 Å². The van der Waals surface area contributed by atoms with Crippen LogP contribution in [-0.2, 0) is 14.3 Å².